The Morgan fingerprint density at radius 3 is 2.40 bits per heavy atom. The zero-order valence-electron chi connectivity index (χ0n) is 14.8. The highest BCUT2D eigenvalue weighted by molar-refractivity contribution is 5.64. The molecule has 0 bridgehead atoms. The SMILES string of the molecule is C=CCN(CC=C)c1nc(C)nc(Nc2ccc(OC)cc2OC)n1. The molecule has 1 aromatic heterocycles. The molecule has 0 aliphatic carbocycles. The van der Waals surface area contributed by atoms with Crippen LogP contribution in [-0.2, 0) is 0 Å². The third-order valence-electron chi connectivity index (χ3n) is 3.37. The Labute approximate surface area is 148 Å². The molecule has 0 fully saturated rings. The van der Waals surface area contributed by atoms with Crippen LogP contribution >= 0.6 is 0 Å². The lowest BCUT2D eigenvalue weighted by atomic mass is 10.2. The van der Waals surface area contributed by atoms with Gasteiger partial charge < -0.3 is 19.7 Å². The van der Waals surface area contributed by atoms with Crippen LogP contribution in [0.5, 0.6) is 11.5 Å². The van der Waals surface area contributed by atoms with Gasteiger partial charge in [0.15, 0.2) is 0 Å². The molecule has 7 heteroatoms. The molecule has 0 unspecified atom stereocenters. The molecule has 0 atom stereocenters. The van der Waals surface area contributed by atoms with Crippen LogP contribution < -0.4 is 19.7 Å². The summed E-state index contributed by atoms with van der Waals surface area (Å²) in [6.45, 7) is 10.6. The van der Waals surface area contributed by atoms with Crippen molar-refractivity contribution < 1.29 is 9.47 Å². The van der Waals surface area contributed by atoms with E-state index in [-0.39, 0.29) is 0 Å². The maximum absolute atomic E-state index is 5.39. The van der Waals surface area contributed by atoms with E-state index in [9.17, 15) is 0 Å². The number of hydrogen-bond acceptors (Lipinski definition) is 7. The minimum Gasteiger partial charge on any atom is -0.497 e. The number of hydrogen-bond donors (Lipinski definition) is 1. The van der Waals surface area contributed by atoms with Crippen LogP contribution in [0.3, 0.4) is 0 Å². The Balaban J connectivity index is 2.34. The monoisotopic (exact) mass is 341 g/mol. The molecule has 0 amide bonds. The number of benzene rings is 1. The molecule has 0 radical (unpaired) electrons. The van der Waals surface area contributed by atoms with Crippen molar-refractivity contribution in [2.75, 3.05) is 37.5 Å². The van der Waals surface area contributed by atoms with E-state index in [0.29, 0.717) is 42.3 Å². The third-order valence-corrected chi connectivity index (χ3v) is 3.37. The zero-order chi connectivity index (χ0) is 18.2. The second-order valence-electron chi connectivity index (χ2n) is 5.18. The number of ether oxygens (including phenoxy) is 2. The number of nitrogens with one attached hydrogen (secondary N) is 1. The van der Waals surface area contributed by atoms with Gasteiger partial charge >= 0.3 is 0 Å². The summed E-state index contributed by atoms with van der Waals surface area (Å²) in [5.74, 6) is 2.94. The Morgan fingerprint density at radius 1 is 1.08 bits per heavy atom. The molecule has 1 N–H and O–H groups in total. The van der Waals surface area contributed by atoms with Gasteiger partial charge in [0, 0.05) is 19.2 Å². The van der Waals surface area contributed by atoms with Gasteiger partial charge in [0.1, 0.15) is 17.3 Å². The van der Waals surface area contributed by atoms with Gasteiger partial charge in [-0.15, -0.1) is 13.2 Å². The van der Waals surface area contributed by atoms with Crippen LogP contribution in [0.25, 0.3) is 0 Å². The van der Waals surface area contributed by atoms with Gasteiger partial charge in [-0.1, -0.05) is 12.2 Å². The van der Waals surface area contributed by atoms with E-state index in [1.807, 2.05) is 24.0 Å². The summed E-state index contributed by atoms with van der Waals surface area (Å²) in [5.41, 5.74) is 0.735. The second kappa shape index (κ2) is 8.68. The summed E-state index contributed by atoms with van der Waals surface area (Å²) in [6, 6.07) is 5.47. The maximum atomic E-state index is 5.39. The molecule has 0 saturated carbocycles. The van der Waals surface area contributed by atoms with Crippen molar-refractivity contribution in [1.29, 1.82) is 0 Å². The fourth-order valence-corrected chi connectivity index (χ4v) is 2.24. The third kappa shape index (κ3) is 4.69. The molecule has 7 nitrogen and oxygen atoms in total. The van der Waals surface area contributed by atoms with Crippen LogP contribution in [-0.4, -0.2) is 42.3 Å². The van der Waals surface area contributed by atoms with E-state index in [1.54, 1.807) is 32.4 Å². The molecular weight excluding hydrogens is 318 g/mol. The molecule has 1 heterocycles. The predicted octanol–water partition coefficient (Wildman–Crippen LogP) is 3.12. The van der Waals surface area contributed by atoms with Gasteiger partial charge in [-0.25, -0.2) is 0 Å². The van der Waals surface area contributed by atoms with E-state index in [0.717, 1.165) is 5.69 Å². The van der Waals surface area contributed by atoms with Crippen molar-refractivity contribution >= 4 is 17.6 Å². The summed E-state index contributed by atoms with van der Waals surface area (Å²) in [4.78, 5) is 15.2. The van der Waals surface area contributed by atoms with Gasteiger partial charge in [0.05, 0.1) is 19.9 Å². The first-order valence-corrected chi connectivity index (χ1v) is 7.79. The van der Waals surface area contributed by atoms with E-state index in [2.05, 4.69) is 33.4 Å². The number of aryl methyl sites for hydroxylation is 1. The average Bonchev–Trinajstić information content (AvgIpc) is 2.61. The Kier molecular flexibility index (Phi) is 6.33. The standard InChI is InChI=1S/C18H23N5O2/c1-6-10-23(11-7-2)18-20-13(3)19-17(22-18)21-15-9-8-14(24-4)12-16(15)25-5/h6-9,12H,1-2,10-11H2,3-5H3,(H,19,20,21,22). The highest BCUT2D eigenvalue weighted by atomic mass is 16.5. The molecule has 2 rings (SSSR count). The Bertz CT molecular complexity index is 738. The van der Waals surface area contributed by atoms with E-state index in [4.69, 9.17) is 9.47 Å². The summed E-state index contributed by atoms with van der Waals surface area (Å²) in [6.07, 6.45) is 3.59. The second-order valence-corrected chi connectivity index (χ2v) is 5.18. The lowest BCUT2D eigenvalue weighted by Crippen LogP contribution is -2.26. The van der Waals surface area contributed by atoms with Crippen LogP contribution in [0.4, 0.5) is 17.6 Å². The van der Waals surface area contributed by atoms with Crippen LogP contribution in [0.2, 0.25) is 0 Å². The first-order chi connectivity index (χ1) is 12.1. The highest BCUT2D eigenvalue weighted by Crippen LogP contribution is 2.30. The molecule has 1 aromatic carbocycles. The minimum atomic E-state index is 0.434. The van der Waals surface area contributed by atoms with Crippen molar-refractivity contribution in [2.24, 2.45) is 0 Å². The molecule has 2 aromatic rings. The summed E-state index contributed by atoms with van der Waals surface area (Å²) in [5, 5.41) is 3.17. The topological polar surface area (TPSA) is 72.4 Å². The van der Waals surface area contributed by atoms with E-state index >= 15 is 0 Å². The quantitative estimate of drug-likeness (QED) is 0.703. The van der Waals surface area contributed by atoms with Crippen molar-refractivity contribution in [3.05, 3.63) is 49.3 Å². The van der Waals surface area contributed by atoms with Crippen molar-refractivity contribution in [3.8, 4) is 11.5 Å². The number of anilines is 3. The Hall–Kier alpha value is -3.09. The molecule has 0 saturated heterocycles. The number of aromatic nitrogens is 3. The smallest absolute Gasteiger partial charge is 0.232 e. The normalized spacial score (nSPS) is 10.0. The van der Waals surface area contributed by atoms with Gasteiger partial charge in [-0.2, -0.15) is 15.0 Å². The van der Waals surface area contributed by atoms with Crippen molar-refractivity contribution in [1.82, 2.24) is 15.0 Å². The highest BCUT2D eigenvalue weighted by Gasteiger charge is 2.12. The van der Waals surface area contributed by atoms with Crippen LogP contribution in [0, 0.1) is 6.92 Å². The Morgan fingerprint density at radius 2 is 1.80 bits per heavy atom. The maximum Gasteiger partial charge on any atom is 0.232 e. The summed E-state index contributed by atoms with van der Waals surface area (Å²) >= 11 is 0. The van der Waals surface area contributed by atoms with Gasteiger partial charge in [0.2, 0.25) is 11.9 Å². The van der Waals surface area contributed by atoms with Crippen molar-refractivity contribution in [3.63, 3.8) is 0 Å². The number of nitrogens with zero attached hydrogens (tertiary/aromatic N) is 4. The molecular formula is C18H23N5O2. The van der Waals surface area contributed by atoms with Crippen molar-refractivity contribution in [2.45, 2.75) is 6.92 Å². The van der Waals surface area contributed by atoms with E-state index < -0.39 is 0 Å². The fourth-order valence-electron chi connectivity index (χ4n) is 2.24. The summed E-state index contributed by atoms with van der Waals surface area (Å²) in [7, 11) is 3.21. The average molecular weight is 341 g/mol. The minimum absolute atomic E-state index is 0.434. The predicted molar refractivity (Wildman–Crippen MR) is 100.0 cm³/mol. The van der Waals surface area contributed by atoms with Gasteiger partial charge in [-0.05, 0) is 19.1 Å². The molecule has 25 heavy (non-hydrogen) atoms. The van der Waals surface area contributed by atoms with Gasteiger partial charge in [0.25, 0.3) is 0 Å². The molecule has 0 aliphatic rings. The zero-order valence-corrected chi connectivity index (χ0v) is 14.8. The van der Waals surface area contributed by atoms with Crippen LogP contribution in [0.15, 0.2) is 43.5 Å². The molecule has 0 spiro atoms. The summed E-state index contributed by atoms with van der Waals surface area (Å²) < 4.78 is 10.6. The molecule has 132 valence electrons. The number of methoxy groups -OCH3 is 2. The molecule has 0 aliphatic heterocycles. The number of rotatable bonds is 9. The lowest BCUT2D eigenvalue weighted by molar-refractivity contribution is 0.395. The fraction of sp³-hybridized carbons (Fsp3) is 0.278. The lowest BCUT2D eigenvalue weighted by Gasteiger charge is -2.20. The van der Waals surface area contributed by atoms with Gasteiger partial charge in [-0.3, -0.25) is 0 Å². The van der Waals surface area contributed by atoms with Crippen LogP contribution in [0.1, 0.15) is 5.82 Å². The first-order valence-electron chi connectivity index (χ1n) is 7.79. The van der Waals surface area contributed by atoms with E-state index in [1.165, 1.54) is 0 Å². The first kappa shape index (κ1) is 18.3. The largest absolute Gasteiger partial charge is 0.497 e.